The molecule has 2 rings (SSSR count). The molecule has 1 aromatic rings. The van der Waals surface area contributed by atoms with E-state index in [9.17, 15) is 9.59 Å². The van der Waals surface area contributed by atoms with Crippen LogP contribution in [0.3, 0.4) is 0 Å². The fourth-order valence-corrected chi connectivity index (χ4v) is 2.45. The summed E-state index contributed by atoms with van der Waals surface area (Å²) in [7, 11) is 1.36. The molecular weight excluding hydrogens is 256 g/mol. The number of benzene rings is 1. The summed E-state index contributed by atoms with van der Waals surface area (Å²) < 4.78 is 4.66. The normalized spacial score (nSPS) is 18.8. The maximum absolute atomic E-state index is 12.2. The molecule has 1 saturated heterocycles. The van der Waals surface area contributed by atoms with Gasteiger partial charge in [-0.1, -0.05) is 30.3 Å². The molecule has 1 atom stereocenters. The lowest BCUT2D eigenvalue weighted by Crippen LogP contribution is -2.45. The van der Waals surface area contributed by atoms with Crippen LogP contribution in [-0.4, -0.2) is 43.0 Å². The predicted molar refractivity (Wildman–Crippen MR) is 74.9 cm³/mol. The Morgan fingerprint density at radius 1 is 1.35 bits per heavy atom. The first-order chi connectivity index (χ1) is 9.70. The molecule has 0 bridgehead atoms. The maximum atomic E-state index is 12.2. The summed E-state index contributed by atoms with van der Waals surface area (Å²) in [6, 6.07) is 9.56. The SMILES string of the molecule is COC(=O)CN1CCC[C@H]1C(=O)NCc1ccccc1. The third-order valence-electron chi connectivity index (χ3n) is 3.54. The van der Waals surface area contributed by atoms with Crippen LogP contribution in [0.25, 0.3) is 0 Å². The third kappa shape index (κ3) is 3.81. The van der Waals surface area contributed by atoms with Crippen molar-refractivity contribution in [1.82, 2.24) is 10.2 Å². The summed E-state index contributed by atoms with van der Waals surface area (Å²) in [6.07, 6.45) is 1.72. The first-order valence-electron chi connectivity index (χ1n) is 6.83. The number of rotatable bonds is 5. The molecule has 0 spiro atoms. The van der Waals surface area contributed by atoms with E-state index in [0.29, 0.717) is 6.54 Å². The highest BCUT2D eigenvalue weighted by atomic mass is 16.5. The van der Waals surface area contributed by atoms with E-state index in [0.717, 1.165) is 24.9 Å². The Balaban J connectivity index is 1.86. The molecule has 5 nitrogen and oxygen atoms in total. The molecule has 1 amide bonds. The molecule has 1 aromatic carbocycles. The van der Waals surface area contributed by atoms with Crippen LogP contribution in [0.15, 0.2) is 30.3 Å². The minimum atomic E-state index is -0.298. The number of carbonyl (C=O) groups is 2. The van der Waals surface area contributed by atoms with Gasteiger partial charge in [-0.25, -0.2) is 0 Å². The van der Waals surface area contributed by atoms with Gasteiger partial charge in [0, 0.05) is 6.54 Å². The highest BCUT2D eigenvalue weighted by Gasteiger charge is 2.31. The van der Waals surface area contributed by atoms with Crippen LogP contribution in [-0.2, 0) is 20.9 Å². The molecule has 1 aliphatic rings. The van der Waals surface area contributed by atoms with Crippen LogP contribution >= 0.6 is 0 Å². The van der Waals surface area contributed by atoms with Crippen molar-refractivity contribution in [2.24, 2.45) is 0 Å². The van der Waals surface area contributed by atoms with Crippen molar-refractivity contribution in [2.75, 3.05) is 20.2 Å². The number of amides is 1. The van der Waals surface area contributed by atoms with Crippen LogP contribution in [0.5, 0.6) is 0 Å². The Morgan fingerprint density at radius 2 is 2.10 bits per heavy atom. The second-order valence-electron chi connectivity index (χ2n) is 4.91. The first kappa shape index (κ1) is 14.5. The molecule has 20 heavy (non-hydrogen) atoms. The lowest BCUT2D eigenvalue weighted by Gasteiger charge is -2.22. The highest BCUT2D eigenvalue weighted by Crippen LogP contribution is 2.17. The van der Waals surface area contributed by atoms with Gasteiger partial charge in [-0.3, -0.25) is 14.5 Å². The molecule has 0 saturated carbocycles. The summed E-state index contributed by atoms with van der Waals surface area (Å²) in [6.45, 7) is 1.46. The Bertz CT molecular complexity index is 461. The van der Waals surface area contributed by atoms with E-state index in [1.807, 2.05) is 35.2 Å². The monoisotopic (exact) mass is 276 g/mol. The van der Waals surface area contributed by atoms with Crippen molar-refractivity contribution in [3.8, 4) is 0 Å². The lowest BCUT2D eigenvalue weighted by atomic mass is 10.2. The van der Waals surface area contributed by atoms with E-state index < -0.39 is 0 Å². The van der Waals surface area contributed by atoms with Crippen LogP contribution in [0.4, 0.5) is 0 Å². The van der Waals surface area contributed by atoms with Gasteiger partial charge < -0.3 is 10.1 Å². The van der Waals surface area contributed by atoms with Crippen LogP contribution < -0.4 is 5.32 Å². The maximum Gasteiger partial charge on any atom is 0.319 e. The number of carbonyl (C=O) groups excluding carboxylic acids is 2. The highest BCUT2D eigenvalue weighted by molar-refractivity contribution is 5.83. The fraction of sp³-hybridized carbons (Fsp3) is 0.467. The van der Waals surface area contributed by atoms with Gasteiger partial charge >= 0.3 is 5.97 Å². The molecule has 5 heteroatoms. The van der Waals surface area contributed by atoms with Gasteiger partial charge in [0.15, 0.2) is 0 Å². The molecule has 0 aliphatic carbocycles. The van der Waals surface area contributed by atoms with Crippen molar-refractivity contribution in [3.63, 3.8) is 0 Å². The second-order valence-corrected chi connectivity index (χ2v) is 4.91. The van der Waals surface area contributed by atoms with Gasteiger partial charge in [0.1, 0.15) is 0 Å². The van der Waals surface area contributed by atoms with Gasteiger partial charge in [-0.15, -0.1) is 0 Å². The van der Waals surface area contributed by atoms with Crippen molar-refractivity contribution in [1.29, 1.82) is 0 Å². The van der Waals surface area contributed by atoms with E-state index in [-0.39, 0.29) is 24.5 Å². The largest absolute Gasteiger partial charge is 0.468 e. The van der Waals surface area contributed by atoms with Crippen LogP contribution in [0.1, 0.15) is 18.4 Å². The average Bonchev–Trinajstić information content (AvgIpc) is 2.94. The zero-order valence-corrected chi connectivity index (χ0v) is 11.7. The zero-order valence-electron chi connectivity index (χ0n) is 11.7. The van der Waals surface area contributed by atoms with E-state index in [4.69, 9.17) is 0 Å². The molecular formula is C15H20N2O3. The lowest BCUT2D eigenvalue weighted by molar-refractivity contribution is -0.142. The molecule has 0 unspecified atom stereocenters. The number of hydrogen-bond donors (Lipinski definition) is 1. The summed E-state index contributed by atoms with van der Waals surface area (Å²) >= 11 is 0. The molecule has 1 heterocycles. The van der Waals surface area contributed by atoms with E-state index in [1.165, 1.54) is 7.11 Å². The van der Waals surface area contributed by atoms with Crippen molar-refractivity contribution in [2.45, 2.75) is 25.4 Å². The van der Waals surface area contributed by atoms with Gasteiger partial charge in [-0.05, 0) is 24.9 Å². The molecule has 0 radical (unpaired) electrons. The Labute approximate surface area is 118 Å². The standard InChI is InChI=1S/C15H20N2O3/c1-20-14(18)11-17-9-5-8-13(17)15(19)16-10-12-6-3-2-4-7-12/h2-4,6-7,13H,5,8-11H2,1H3,(H,16,19)/t13-/m0/s1. The summed E-state index contributed by atoms with van der Waals surface area (Å²) in [5.41, 5.74) is 1.07. The molecule has 1 N–H and O–H groups in total. The predicted octanol–water partition coefficient (Wildman–Crippen LogP) is 0.940. The number of esters is 1. The summed E-state index contributed by atoms with van der Waals surface area (Å²) in [5, 5.41) is 2.93. The number of nitrogens with one attached hydrogen (secondary N) is 1. The topological polar surface area (TPSA) is 58.6 Å². The number of nitrogens with zero attached hydrogens (tertiary/aromatic N) is 1. The van der Waals surface area contributed by atoms with Gasteiger partial charge in [0.05, 0.1) is 19.7 Å². The Hall–Kier alpha value is -1.88. The quantitative estimate of drug-likeness (QED) is 0.813. The van der Waals surface area contributed by atoms with Crippen LogP contribution in [0.2, 0.25) is 0 Å². The molecule has 1 aliphatic heterocycles. The molecule has 0 aromatic heterocycles. The average molecular weight is 276 g/mol. The second kappa shape index (κ2) is 7.05. The van der Waals surface area contributed by atoms with Gasteiger partial charge in [-0.2, -0.15) is 0 Å². The van der Waals surface area contributed by atoms with E-state index in [2.05, 4.69) is 10.1 Å². The van der Waals surface area contributed by atoms with Crippen molar-refractivity contribution < 1.29 is 14.3 Å². The number of likely N-dealkylation sites (tertiary alicyclic amines) is 1. The van der Waals surface area contributed by atoms with Crippen LogP contribution in [0, 0.1) is 0 Å². The summed E-state index contributed by atoms with van der Waals surface area (Å²) in [5.74, 6) is -0.317. The minimum Gasteiger partial charge on any atom is -0.468 e. The number of methoxy groups -OCH3 is 1. The Kier molecular flexibility index (Phi) is 5.12. The zero-order chi connectivity index (χ0) is 14.4. The fourth-order valence-electron chi connectivity index (χ4n) is 2.45. The van der Waals surface area contributed by atoms with Gasteiger partial charge in [0.25, 0.3) is 0 Å². The minimum absolute atomic E-state index is 0.0183. The smallest absolute Gasteiger partial charge is 0.319 e. The van der Waals surface area contributed by atoms with Gasteiger partial charge in [0.2, 0.25) is 5.91 Å². The van der Waals surface area contributed by atoms with Crippen molar-refractivity contribution >= 4 is 11.9 Å². The summed E-state index contributed by atoms with van der Waals surface area (Å²) in [4.78, 5) is 25.4. The molecule has 108 valence electrons. The van der Waals surface area contributed by atoms with E-state index >= 15 is 0 Å². The number of hydrogen-bond acceptors (Lipinski definition) is 4. The van der Waals surface area contributed by atoms with E-state index in [1.54, 1.807) is 0 Å². The third-order valence-corrected chi connectivity index (χ3v) is 3.54. The number of ether oxygens (including phenoxy) is 1. The Morgan fingerprint density at radius 3 is 2.80 bits per heavy atom. The van der Waals surface area contributed by atoms with Crippen molar-refractivity contribution in [3.05, 3.63) is 35.9 Å². The first-order valence-corrected chi connectivity index (χ1v) is 6.83. The molecule has 1 fully saturated rings.